The third-order valence-corrected chi connectivity index (χ3v) is 6.67. The molecule has 0 spiro atoms. The number of hydrogen-bond donors (Lipinski definition) is 1. The van der Waals surface area contributed by atoms with E-state index >= 15 is 0 Å². The molecule has 0 bridgehead atoms. The van der Waals surface area contributed by atoms with Gasteiger partial charge in [-0.05, 0) is 70.6 Å². The molecule has 1 aromatic carbocycles. The van der Waals surface area contributed by atoms with Crippen LogP contribution in [-0.2, 0) is 11.3 Å². The molecule has 0 aromatic heterocycles. The molecule has 1 fully saturated rings. The number of nitrogens with one attached hydrogen (secondary N) is 1. The Morgan fingerprint density at radius 3 is 2.27 bits per heavy atom. The van der Waals surface area contributed by atoms with E-state index in [1.807, 2.05) is 0 Å². The first-order valence-corrected chi connectivity index (χ1v) is 12.2. The van der Waals surface area contributed by atoms with Crippen molar-refractivity contribution < 1.29 is 4.74 Å². The molecule has 4 nitrogen and oxygen atoms in total. The van der Waals surface area contributed by atoms with E-state index in [9.17, 15) is 0 Å². The van der Waals surface area contributed by atoms with Gasteiger partial charge < -0.3 is 15.0 Å². The molecule has 1 atom stereocenters. The summed E-state index contributed by atoms with van der Waals surface area (Å²) >= 11 is 0. The number of rotatable bonds is 13. The van der Waals surface area contributed by atoms with Gasteiger partial charge in [0.25, 0.3) is 0 Å². The second-order valence-corrected chi connectivity index (χ2v) is 10.0. The lowest BCUT2D eigenvalue weighted by atomic mass is 10.0. The number of hydrogen-bond acceptors (Lipinski definition) is 4. The third-order valence-electron chi connectivity index (χ3n) is 6.67. The molecule has 2 rings (SSSR count). The predicted octanol–water partition coefficient (Wildman–Crippen LogP) is 5.32. The zero-order valence-corrected chi connectivity index (χ0v) is 20.5. The summed E-state index contributed by atoms with van der Waals surface area (Å²) in [6, 6.07) is 9.78. The van der Waals surface area contributed by atoms with Crippen LogP contribution in [0, 0.1) is 5.92 Å². The molecule has 1 heterocycles. The second-order valence-electron chi connectivity index (χ2n) is 10.0. The van der Waals surface area contributed by atoms with Crippen LogP contribution in [0.5, 0.6) is 0 Å². The molecule has 0 amide bonds. The van der Waals surface area contributed by atoms with Gasteiger partial charge in [-0.15, -0.1) is 0 Å². The van der Waals surface area contributed by atoms with E-state index in [4.69, 9.17) is 4.74 Å². The van der Waals surface area contributed by atoms with Gasteiger partial charge in [0, 0.05) is 63.2 Å². The molecule has 0 radical (unpaired) electrons. The van der Waals surface area contributed by atoms with Crippen molar-refractivity contribution in [2.45, 2.75) is 85.4 Å². The lowest BCUT2D eigenvalue weighted by molar-refractivity contribution is 0.107. The Labute approximate surface area is 186 Å². The van der Waals surface area contributed by atoms with Crippen LogP contribution in [0.25, 0.3) is 0 Å². The number of ether oxygens (including phenoxy) is 1. The summed E-state index contributed by atoms with van der Waals surface area (Å²) in [5.74, 6) is 0.822. The van der Waals surface area contributed by atoms with E-state index in [2.05, 4.69) is 80.9 Å². The van der Waals surface area contributed by atoms with Gasteiger partial charge in [-0.3, -0.25) is 4.90 Å². The van der Waals surface area contributed by atoms with Crippen LogP contribution in [0.3, 0.4) is 0 Å². The van der Waals surface area contributed by atoms with E-state index in [0.717, 1.165) is 58.3 Å². The summed E-state index contributed by atoms with van der Waals surface area (Å²) in [7, 11) is 0. The Hall–Kier alpha value is -1.10. The van der Waals surface area contributed by atoms with Crippen molar-refractivity contribution in [3.63, 3.8) is 0 Å². The predicted molar refractivity (Wildman–Crippen MR) is 130 cm³/mol. The molecule has 1 aliphatic rings. The van der Waals surface area contributed by atoms with Crippen LogP contribution >= 0.6 is 0 Å². The minimum Gasteiger partial charge on any atom is -0.381 e. The molecule has 0 aliphatic carbocycles. The molecular formula is C26H47N3O. The average Bonchev–Trinajstić information content (AvgIpc) is 2.75. The van der Waals surface area contributed by atoms with Crippen molar-refractivity contribution in [1.29, 1.82) is 0 Å². The van der Waals surface area contributed by atoms with E-state index in [1.165, 1.54) is 30.5 Å². The van der Waals surface area contributed by atoms with Crippen molar-refractivity contribution in [2.75, 3.05) is 44.3 Å². The normalized spacial score (nSPS) is 17.0. The highest BCUT2D eigenvalue weighted by atomic mass is 16.5. The van der Waals surface area contributed by atoms with Gasteiger partial charge in [0.1, 0.15) is 0 Å². The van der Waals surface area contributed by atoms with E-state index in [1.54, 1.807) is 0 Å². The Balaban J connectivity index is 1.66. The lowest BCUT2D eigenvalue weighted by Gasteiger charge is -2.38. The third kappa shape index (κ3) is 8.95. The van der Waals surface area contributed by atoms with Crippen LogP contribution < -0.4 is 10.2 Å². The number of benzene rings is 1. The number of piperazine rings is 1. The maximum atomic E-state index is 5.87. The van der Waals surface area contributed by atoms with E-state index in [-0.39, 0.29) is 5.54 Å². The molecule has 0 saturated carbocycles. The zero-order valence-electron chi connectivity index (χ0n) is 20.5. The standard InChI is InChI=1S/C26H47N3O/c1-7-23(4)9-8-19-30-20-14-26(5,6)27-21-24-10-12-25(13-11-24)29-17-15-28(16-18-29)22(2)3/h10-13,22-23,27H,7-9,14-21H2,1-6H3. The summed E-state index contributed by atoms with van der Waals surface area (Å²) in [4.78, 5) is 5.07. The highest BCUT2D eigenvalue weighted by Crippen LogP contribution is 2.19. The molecule has 30 heavy (non-hydrogen) atoms. The molecule has 1 aliphatic heterocycles. The first-order valence-electron chi connectivity index (χ1n) is 12.2. The largest absolute Gasteiger partial charge is 0.381 e. The first kappa shape index (κ1) is 25.2. The maximum Gasteiger partial charge on any atom is 0.0483 e. The van der Waals surface area contributed by atoms with E-state index in [0.29, 0.717) is 6.04 Å². The molecule has 1 saturated heterocycles. The van der Waals surface area contributed by atoms with Crippen molar-refractivity contribution in [2.24, 2.45) is 5.92 Å². The fourth-order valence-electron chi connectivity index (χ4n) is 3.92. The van der Waals surface area contributed by atoms with Gasteiger partial charge in [0.15, 0.2) is 0 Å². The fraction of sp³-hybridized carbons (Fsp3) is 0.769. The monoisotopic (exact) mass is 417 g/mol. The van der Waals surface area contributed by atoms with Crippen LogP contribution in [-0.4, -0.2) is 55.9 Å². The van der Waals surface area contributed by atoms with Gasteiger partial charge in [0.2, 0.25) is 0 Å². The summed E-state index contributed by atoms with van der Waals surface area (Å²) in [6.45, 7) is 20.9. The highest BCUT2D eigenvalue weighted by Gasteiger charge is 2.19. The van der Waals surface area contributed by atoms with Crippen molar-refractivity contribution in [1.82, 2.24) is 10.2 Å². The quantitative estimate of drug-likeness (QED) is 0.440. The Morgan fingerprint density at radius 1 is 1.00 bits per heavy atom. The van der Waals surface area contributed by atoms with Crippen molar-refractivity contribution in [3.05, 3.63) is 29.8 Å². The molecule has 1 unspecified atom stereocenters. The highest BCUT2D eigenvalue weighted by molar-refractivity contribution is 5.48. The Bertz CT molecular complexity index is 576. The topological polar surface area (TPSA) is 27.7 Å². The van der Waals surface area contributed by atoms with Crippen LogP contribution in [0.1, 0.15) is 72.8 Å². The van der Waals surface area contributed by atoms with Crippen LogP contribution in [0.15, 0.2) is 24.3 Å². The summed E-state index contributed by atoms with van der Waals surface area (Å²) in [6.07, 6.45) is 4.77. The summed E-state index contributed by atoms with van der Waals surface area (Å²) in [5.41, 5.74) is 2.79. The SMILES string of the molecule is CCC(C)CCCOCCC(C)(C)NCc1ccc(N2CCN(C(C)C)CC2)cc1. The minimum absolute atomic E-state index is 0.0859. The van der Waals surface area contributed by atoms with Gasteiger partial charge in [-0.2, -0.15) is 0 Å². The Kier molecular flexibility index (Phi) is 10.6. The van der Waals surface area contributed by atoms with Crippen molar-refractivity contribution >= 4 is 5.69 Å². The maximum absolute atomic E-state index is 5.87. The smallest absolute Gasteiger partial charge is 0.0483 e. The van der Waals surface area contributed by atoms with Crippen molar-refractivity contribution in [3.8, 4) is 0 Å². The molecule has 172 valence electrons. The van der Waals surface area contributed by atoms with Crippen LogP contribution in [0.2, 0.25) is 0 Å². The van der Waals surface area contributed by atoms with Gasteiger partial charge in [0.05, 0.1) is 0 Å². The summed E-state index contributed by atoms with van der Waals surface area (Å²) in [5, 5.41) is 3.71. The fourth-order valence-corrected chi connectivity index (χ4v) is 3.92. The first-order chi connectivity index (χ1) is 14.3. The number of anilines is 1. The average molecular weight is 418 g/mol. The summed E-state index contributed by atoms with van der Waals surface area (Å²) < 4.78 is 5.87. The van der Waals surface area contributed by atoms with E-state index < -0.39 is 0 Å². The van der Waals surface area contributed by atoms with Gasteiger partial charge >= 0.3 is 0 Å². The molecule has 4 heteroatoms. The molecular weight excluding hydrogens is 370 g/mol. The van der Waals surface area contributed by atoms with Gasteiger partial charge in [-0.25, -0.2) is 0 Å². The number of nitrogens with zero attached hydrogens (tertiary/aromatic N) is 2. The van der Waals surface area contributed by atoms with Gasteiger partial charge in [-0.1, -0.05) is 32.4 Å². The van der Waals surface area contributed by atoms with Crippen LogP contribution in [0.4, 0.5) is 5.69 Å². The molecule has 1 N–H and O–H groups in total. The second kappa shape index (κ2) is 12.7. The lowest BCUT2D eigenvalue weighted by Crippen LogP contribution is -2.48. The molecule has 1 aromatic rings. The zero-order chi connectivity index (χ0) is 22.0. The Morgan fingerprint density at radius 2 is 1.67 bits per heavy atom. The minimum atomic E-state index is 0.0859.